The minimum Gasteiger partial charge on any atom is -0.444 e. The summed E-state index contributed by atoms with van der Waals surface area (Å²) in [7, 11) is 0. The molecule has 0 saturated carbocycles. The SMILES string of the molecule is CC(C)(C)OC(=O)N1CC(CC(=O)CN(C(=O)OCc2ccccc2)c2ccnc3ccc(C(F)(F)F)cc23)C1. The monoisotopic (exact) mass is 557 g/mol. The summed E-state index contributed by atoms with van der Waals surface area (Å²) in [5.41, 5.74) is -0.539. The highest BCUT2D eigenvalue weighted by molar-refractivity contribution is 6.03. The minimum absolute atomic E-state index is 0.0570. The quantitative estimate of drug-likeness (QED) is 0.343. The molecular weight excluding hydrogens is 527 g/mol. The van der Waals surface area contributed by atoms with Gasteiger partial charge in [0.25, 0.3) is 0 Å². The lowest BCUT2D eigenvalue weighted by molar-refractivity contribution is -0.137. The zero-order chi connectivity index (χ0) is 29.1. The Kier molecular flexibility index (Phi) is 8.32. The van der Waals surface area contributed by atoms with Gasteiger partial charge in [-0.15, -0.1) is 0 Å². The third-order valence-electron chi connectivity index (χ3n) is 6.22. The molecule has 0 bridgehead atoms. The molecule has 3 aromatic rings. The first-order valence-corrected chi connectivity index (χ1v) is 12.7. The number of amides is 2. The first kappa shape index (κ1) is 28.8. The van der Waals surface area contributed by atoms with Crippen molar-refractivity contribution in [3.63, 3.8) is 0 Å². The molecule has 0 radical (unpaired) electrons. The second-order valence-electron chi connectivity index (χ2n) is 10.7. The minimum atomic E-state index is -4.61. The standard InChI is InChI=1S/C29H30F3N3O5/c1-28(2,3)40-26(37)34-15-20(16-34)13-22(36)17-35(27(38)39-18-19-7-5-4-6-8-19)25-11-12-33-24-10-9-21(14-23(24)25)29(30,31)32/h4-12,14,20H,13,15-18H2,1-3H3. The number of alkyl halides is 3. The Morgan fingerprint density at radius 3 is 2.38 bits per heavy atom. The van der Waals surface area contributed by atoms with Crippen LogP contribution in [0.1, 0.15) is 38.3 Å². The van der Waals surface area contributed by atoms with E-state index in [-0.39, 0.29) is 41.3 Å². The molecular formula is C29H30F3N3O5. The number of likely N-dealkylation sites (tertiary alicyclic amines) is 1. The van der Waals surface area contributed by atoms with Gasteiger partial charge < -0.3 is 14.4 Å². The van der Waals surface area contributed by atoms with Crippen LogP contribution in [0.25, 0.3) is 10.9 Å². The molecule has 1 aliphatic rings. The lowest BCUT2D eigenvalue weighted by atomic mass is 9.94. The number of halogens is 3. The van der Waals surface area contributed by atoms with E-state index < -0.39 is 36.1 Å². The van der Waals surface area contributed by atoms with Crippen LogP contribution in [-0.4, -0.2) is 53.1 Å². The summed E-state index contributed by atoms with van der Waals surface area (Å²) in [6.45, 7) is 5.42. The smallest absolute Gasteiger partial charge is 0.416 e. The first-order valence-electron chi connectivity index (χ1n) is 12.7. The zero-order valence-electron chi connectivity index (χ0n) is 22.4. The Balaban J connectivity index is 1.53. The first-order chi connectivity index (χ1) is 18.8. The molecule has 1 saturated heterocycles. The summed E-state index contributed by atoms with van der Waals surface area (Å²) in [6.07, 6.45) is -4.53. The highest BCUT2D eigenvalue weighted by atomic mass is 19.4. The second kappa shape index (κ2) is 11.5. The summed E-state index contributed by atoms with van der Waals surface area (Å²) in [4.78, 5) is 45.2. The van der Waals surface area contributed by atoms with Crippen LogP contribution in [0.4, 0.5) is 28.4 Å². The molecule has 2 aromatic carbocycles. The van der Waals surface area contributed by atoms with Crippen molar-refractivity contribution in [2.45, 2.75) is 45.6 Å². The van der Waals surface area contributed by atoms with E-state index in [0.29, 0.717) is 18.7 Å². The Labute approximate surface area is 229 Å². The van der Waals surface area contributed by atoms with Gasteiger partial charge in [0.05, 0.1) is 23.3 Å². The molecule has 212 valence electrons. The number of carbonyl (C=O) groups is 3. The number of rotatable bonds is 7. The van der Waals surface area contributed by atoms with Gasteiger partial charge in [0.15, 0.2) is 5.78 Å². The van der Waals surface area contributed by atoms with Crippen LogP contribution in [0, 0.1) is 5.92 Å². The van der Waals surface area contributed by atoms with Gasteiger partial charge in [-0.2, -0.15) is 13.2 Å². The Morgan fingerprint density at radius 2 is 1.73 bits per heavy atom. The molecule has 0 aliphatic carbocycles. The van der Waals surface area contributed by atoms with Crippen molar-refractivity contribution in [3.8, 4) is 0 Å². The van der Waals surface area contributed by atoms with Crippen molar-refractivity contribution in [2.24, 2.45) is 5.92 Å². The summed E-state index contributed by atoms with van der Waals surface area (Å²) < 4.78 is 51.2. The summed E-state index contributed by atoms with van der Waals surface area (Å²) in [6, 6.07) is 13.3. The van der Waals surface area contributed by atoms with Crippen molar-refractivity contribution >= 4 is 34.6 Å². The Bertz CT molecular complexity index is 1380. The predicted molar refractivity (Wildman–Crippen MR) is 142 cm³/mol. The number of pyridine rings is 1. The zero-order valence-corrected chi connectivity index (χ0v) is 22.4. The molecule has 4 rings (SSSR count). The number of hydrogen-bond acceptors (Lipinski definition) is 6. The van der Waals surface area contributed by atoms with Crippen LogP contribution < -0.4 is 4.90 Å². The summed E-state index contributed by atoms with van der Waals surface area (Å²) in [5.74, 6) is -0.462. The molecule has 2 heterocycles. The average Bonchev–Trinajstić information content (AvgIpc) is 2.86. The Morgan fingerprint density at radius 1 is 1.02 bits per heavy atom. The number of aromatic nitrogens is 1. The molecule has 0 spiro atoms. The number of anilines is 1. The van der Waals surface area contributed by atoms with Crippen molar-refractivity contribution in [1.29, 1.82) is 0 Å². The van der Waals surface area contributed by atoms with Gasteiger partial charge in [0, 0.05) is 37.0 Å². The third-order valence-corrected chi connectivity index (χ3v) is 6.22. The maximum atomic E-state index is 13.5. The molecule has 0 unspecified atom stereocenters. The largest absolute Gasteiger partial charge is 0.444 e. The fraction of sp³-hybridized carbons (Fsp3) is 0.379. The number of ketones is 1. The van der Waals surface area contributed by atoms with E-state index >= 15 is 0 Å². The van der Waals surface area contributed by atoms with E-state index in [1.165, 1.54) is 23.2 Å². The third kappa shape index (κ3) is 7.28. The van der Waals surface area contributed by atoms with Crippen molar-refractivity contribution in [1.82, 2.24) is 9.88 Å². The number of ether oxygens (including phenoxy) is 2. The number of Topliss-reactive ketones (excluding diaryl/α,β-unsaturated/α-hetero) is 1. The summed E-state index contributed by atoms with van der Waals surface area (Å²) >= 11 is 0. The number of nitrogens with zero attached hydrogens (tertiary/aromatic N) is 3. The molecule has 1 aliphatic heterocycles. The second-order valence-corrected chi connectivity index (χ2v) is 10.7. The maximum absolute atomic E-state index is 13.5. The van der Waals surface area contributed by atoms with Crippen molar-refractivity contribution in [3.05, 3.63) is 71.9 Å². The van der Waals surface area contributed by atoms with Gasteiger partial charge in [-0.05, 0) is 50.6 Å². The van der Waals surface area contributed by atoms with Crippen LogP contribution in [0.15, 0.2) is 60.8 Å². The number of hydrogen-bond donors (Lipinski definition) is 0. The molecule has 2 amide bonds. The fourth-order valence-corrected chi connectivity index (χ4v) is 4.33. The van der Waals surface area contributed by atoms with E-state index in [1.54, 1.807) is 45.0 Å². The van der Waals surface area contributed by atoms with Crippen LogP contribution in [0.3, 0.4) is 0 Å². The van der Waals surface area contributed by atoms with Crippen molar-refractivity contribution in [2.75, 3.05) is 24.5 Å². The average molecular weight is 558 g/mol. The van der Waals surface area contributed by atoms with Crippen LogP contribution in [-0.2, 0) is 27.1 Å². The van der Waals surface area contributed by atoms with Gasteiger partial charge in [-0.1, -0.05) is 30.3 Å². The predicted octanol–water partition coefficient (Wildman–Crippen LogP) is 6.22. The molecule has 1 fully saturated rings. The molecule has 8 nitrogen and oxygen atoms in total. The van der Waals surface area contributed by atoms with E-state index in [0.717, 1.165) is 17.0 Å². The lowest BCUT2D eigenvalue weighted by Crippen LogP contribution is -2.52. The fourth-order valence-electron chi connectivity index (χ4n) is 4.33. The highest BCUT2D eigenvalue weighted by Crippen LogP contribution is 2.34. The molecule has 11 heteroatoms. The summed E-state index contributed by atoms with van der Waals surface area (Å²) in [5, 5.41) is 0.0570. The van der Waals surface area contributed by atoms with E-state index in [4.69, 9.17) is 9.47 Å². The van der Waals surface area contributed by atoms with E-state index in [2.05, 4.69) is 4.98 Å². The van der Waals surface area contributed by atoms with Gasteiger partial charge in [-0.3, -0.25) is 14.7 Å². The van der Waals surface area contributed by atoms with Gasteiger partial charge in [0.1, 0.15) is 12.2 Å². The highest BCUT2D eigenvalue weighted by Gasteiger charge is 2.36. The van der Waals surface area contributed by atoms with Crippen LogP contribution >= 0.6 is 0 Å². The molecule has 40 heavy (non-hydrogen) atoms. The van der Waals surface area contributed by atoms with Crippen LogP contribution in [0.5, 0.6) is 0 Å². The van der Waals surface area contributed by atoms with E-state index in [1.807, 2.05) is 6.07 Å². The number of carbonyl (C=O) groups excluding carboxylic acids is 3. The molecule has 0 atom stereocenters. The van der Waals surface area contributed by atoms with Crippen molar-refractivity contribution < 1.29 is 37.0 Å². The van der Waals surface area contributed by atoms with E-state index in [9.17, 15) is 27.6 Å². The lowest BCUT2D eigenvalue weighted by Gasteiger charge is -2.39. The normalized spacial score (nSPS) is 14.0. The number of fused-ring (bicyclic) bond motifs is 1. The van der Waals surface area contributed by atoms with Crippen LogP contribution in [0.2, 0.25) is 0 Å². The Hall–Kier alpha value is -4.15. The topological polar surface area (TPSA) is 89.0 Å². The molecule has 1 aromatic heterocycles. The maximum Gasteiger partial charge on any atom is 0.416 e. The van der Waals surface area contributed by atoms with Gasteiger partial charge >= 0.3 is 18.4 Å². The number of benzene rings is 2. The van der Waals surface area contributed by atoms with Gasteiger partial charge in [-0.25, -0.2) is 9.59 Å². The molecule has 0 N–H and O–H groups in total. The van der Waals surface area contributed by atoms with Gasteiger partial charge in [0.2, 0.25) is 0 Å².